The first-order valence-corrected chi connectivity index (χ1v) is 5.27. The van der Waals surface area contributed by atoms with E-state index in [1.165, 1.54) is 0 Å². The van der Waals surface area contributed by atoms with Gasteiger partial charge in [0.2, 0.25) is 11.4 Å². The van der Waals surface area contributed by atoms with Crippen molar-refractivity contribution in [3.05, 3.63) is 11.4 Å². The van der Waals surface area contributed by atoms with Crippen molar-refractivity contribution in [3.8, 4) is 0 Å². The van der Waals surface area contributed by atoms with E-state index in [2.05, 4.69) is 4.85 Å². The van der Waals surface area contributed by atoms with Gasteiger partial charge < -0.3 is 9.74 Å². The van der Waals surface area contributed by atoms with Crippen LogP contribution in [0, 0.1) is 17.9 Å². The lowest BCUT2D eigenvalue weighted by molar-refractivity contribution is -0.191. The fourth-order valence-electron chi connectivity index (χ4n) is 1.98. The van der Waals surface area contributed by atoms with Crippen LogP contribution in [-0.2, 0) is 14.4 Å². The zero-order valence-electron chi connectivity index (χ0n) is 10.9. The molecular weight excluding hydrogens is 220 g/mol. The molecule has 0 aliphatic heterocycles. The van der Waals surface area contributed by atoms with Gasteiger partial charge >= 0.3 is 6.15 Å². The van der Waals surface area contributed by atoms with Gasteiger partial charge in [-0.25, -0.2) is 6.57 Å². The van der Waals surface area contributed by atoms with Crippen molar-refractivity contribution in [2.75, 3.05) is 14.1 Å². The second-order valence-electron chi connectivity index (χ2n) is 5.36. The van der Waals surface area contributed by atoms with E-state index in [9.17, 15) is 4.79 Å². The lowest BCUT2D eigenvalue weighted by atomic mass is 9.83. The van der Waals surface area contributed by atoms with Gasteiger partial charge in [0.15, 0.2) is 0 Å². The highest BCUT2D eigenvalue weighted by Gasteiger charge is 2.72. The molecule has 0 aromatic rings. The van der Waals surface area contributed by atoms with Gasteiger partial charge in [0.1, 0.15) is 5.92 Å². The monoisotopic (exact) mass is 238 g/mol. The summed E-state index contributed by atoms with van der Waals surface area (Å²) in [7, 11) is 3.50. The van der Waals surface area contributed by atoms with Crippen molar-refractivity contribution in [1.82, 2.24) is 4.90 Å². The molecule has 1 fully saturated rings. The Kier molecular flexibility index (Phi) is 4.61. The first-order valence-electron chi connectivity index (χ1n) is 5.27. The third-order valence-corrected chi connectivity index (χ3v) is 3.17. The van der Waals surface area contributed by atoms with Crippen LogP contribution in [0.15, 0.2) is 0 Å². The first-order chi connectivity index (χ1) is 7.67. The van der Waals surface area contributed by atoms with Gasteiger partial charge in [-0.1, -0.05) is 20.8 Å². The van der Waals surface area contributed by atoms with Gasteiger partial charge in [-0.05, 0) is 0 Å². The summed E-state index contributed by atoms with van der Waals surface area (Å²) in [5.74, 6) is 0.00549. The fraction of sp³-hybridized carbons (Fsp3) is 0.750. The van der Waals surface area contributed by atoms with E-state index < -0.39 is 5.54 Å². The quantitative estimate of drug-likeness (QED) is 0.645. The SMILES string of the molecule is O=C=O.[C-]#[N+][C@@]1(C(C)(C)C)C[C@H]1C(=O)N(C)C. The molecule has 5 nitrogen and oxygen atoms in total. The summed E-state index contributed by atoms with van der Waals surface area (Å²) < 4.78 is 0. The van der Waals surface area contributed by atoms with Gasteiger partial charge in [-0.3, -0.25) is 4.79 Å². The molecule has 0 heterocycles. The summed E-state index contributed by atoms with van der Waals surface area (Å²) in [5, 5.41) is 0. The van der Waals surface area contributed by atoms with Crippen molar-refractivity contribution in [3.63, 3.8) is 0 Å². The molecule has 1 aliphatic rings. The normalized spacial score (nSPS) is 25.8. The van der Waals surface area contributed by atoms with Crippen LogP contribution in [0.1, 0.15) is 27.2 Å². The Hall–Kier alpha value is -1.66. The van der Waals surface area contributed by atoms with Crippen molar-refractivity contribution in [1.29, 1.82) is 0 Å². The molecule has 5 heteroatoms. The van der Waals surface area contributed by atoms with Crippen molar-refractivity contribution < 1.29 is 14.4 Å². The minimum Gasteiger partial charge on any atom is -0.348 e. The lowest BCUT2D eigenvalue weighted by Gasteiger charge is -2.21. The summed E-state index contributed by atoms with van der Waals surface area (Å²) >= 11 is 0. The van der Waals surface area contributed by atoms with E-state index in [1.54, 1.807) is 19.0 Å². The van der Waals surface area contributed by atoms with Crippen molar-refractivity contribution >= 4 is 12.1 Å². The smallest absolute Gasteiger partial charge is 0.348 e. The minimum atomic E-state index is -0.450. The van der Waals surface area contributed by atoms with Gasteiger partial charge in [0, 0.05) is 25.9 Å². The van der Waals surface area contributed by atoms with Crippen LogP contribution in [-0.4, -0.2) is 36.6 Å². The number of carbonyl (C=O) groups is 1. The second-order valence-corrected chi connectivity index (χ2v) is 5.36. The Bertz CT molecular complexity index is 370. The number of hydrogen-bond donors (Lipinski definition) is 0. The van der Waals surface area contributed by atoms with Crippen molar-refractivity contribution in [2.45, 2.75) is 32.7 Å². The maximum atomic E-state index is 11.7. The maximum Gasteiger partial charge on any atom is 0.373 e. The molecule has 0 N–H and O–H groups in total. The standard InChI is InChI=1S/C11H18N2O.CO2/c1-10(2,3)11(12-4)7-8(11)9(14)13(5)6;2-1-3/h8H,7H2,1-3,5-6H3;/t8-,11-;/m0./s1. The van der Waals surface area contributed by atoms with Gasteiger partial charge in [0.05, 0.1) is 0 Å². The Morgan fingerprint density at radius 2 is 1.82 bits per heavy atom. The Morgan fingerprint density at radius 3 is 2.00 bits per heavy atom. The van der Waals surface area contributed by atoms with Crippen LogP contribution in [0.5, 0.6) is 0 Å². The van der Waals surface area contributed by atoms with E-state index in [1.807, 2.05) is 20.8 Å². The average Bonchev–Trinajstić information content (AvgIpc) is 2.92. The summed E-state index contributed by atoms with van der Waals surface area (Å²) in [6.07, 6.45) is 0.969. The zero-order chi connectivity index (χ0) is 13.9. The highest BCUT2D eigenvalue weighted by Crippen LogP contribution is 2.58. The molecule has 0 aromatic heterocycles. The predicted molar refractivity (Wildman–Crippen MR) is 60.6 cm³/mol. The van der Waals surface area contributed by atoms with Crippen LogP contribution < -0.4 is 0 Å². The molecule has 1 aliphatic carbocycles. The molecule has 0 bridgehead atoms. The van der Waals surface area contributed by atoms with E-state index in [0.29, 0.717) is 0 Å². The first kappa shape index (κ1) is 15.3. The molecule has 0 saturated heterocycles. The lowest BCUT2D eigenvalue weighted by Crippen LogP contribution is -2.33. The van der Waals surface area contributed by atoms with E-state index in [0.717, 1.165) is 6.42 Å². The Labute approximate surface area is 102 Å². The van der Waals surface area contributed by atoms with Crippen LogP contribution in [0.3, 0.4) is 0 Å². The zero-order valence-corrected chi connectivity index (χ0v) is 10.9. The van der Waals surface area contributed by atoms with Crippen LogP contribution in [0.2, 0.25) is 0 Å². The third-order valence-electron chi connectivity index (χ3n) is 3.17. The van der Waals surface area contributed by atoms with E-state index >= 15 is 0 Å². The highest BCUT2D eigenvalue weighted by atomic mass is 16.2. The molecule has 94 valence electrons. The van der Waals surface area contributed by atoms with Gasteiger partial charge in [-0.15, -0.1) is 0 Å². The largest absolute Gasteiger partial charge is 0.373 e. The van der Waals surface area contributed by atoms with Gasteiger partial charge in [0.25, 0.3) is 0 Å². The second kappa shape index (κ2) is 5.11. The summed E-state index contributed by atoms with van der Waals surface area (Å²) in [5.41, 5.74) is -0.556. The molecular formula is C12H18N2O3. The summed E-state index contributed by atoms with van der Waals surface area (Å²) in [4.78, 5) is 33.2. The van der Waals surface area contributed by atoms with E-state index in [4.69, 9.17) is 16.2 Å². The van der Waals surface area contributed by atoms with Crippen molar-refractivity contribution in [2.24, 2.45) is 11.3 Å². The molecule has 17 heavy (non-hydrogen) atoms. The van der Waals surface area contributed by atoms with Crippen LogP contribution >= 0.6 is 0 Å². The topological polar surface area (TPSA) is 58.8 Å². The number of carbonyl (C=O) groups excluding carboxylic acids is 3. The van der Waals surface area contributed by atoms with E-state index in [-0.39, 0.29) is 23.4 Å². The molecule has 1 amide bonds. The number of hydrogen-bond acceptors (Lipinski definition) is 3. The number of nitrogens with zero attached hydrogens (tertiary/aromatic N) is 2. The maximum absolute atomic E-state index is 11.7. The molecule has 0 spiro atoms. The molecule has 1 rings (SSSR count). The Balaban J connectivity index is 0.000000770. The fourth-order valence-corrected chi connectivity index (χ4v) is 1.98. The molecule has 0 unspecified atom stereocenters. The summed E-state index contributed by atoms with van der Waals surface area (Å²) in [6, 6.07) is 0. The molecule has 1 saturated carbocycles. The van der Waals surface area contributed by atoms with Crippen LogP contribution in [0.25, 0.3) is 4.85 Å². The number of rotatable bonds is 1. The van der Waals surface area contributed by atoms with Crippen LogP contribution in [0.4, 0.5) is 0 Å². The van der Waals surface area contributed by atoms with Gasteiger partial charge in [-0.2, -0.15) is 9.59 Å². The average molecular weight is 238 g/mol. The summed E-state index contributed by atoms with van der Waals surface area (Å²) in [6.45, 7) is 13.3. The highest BCUT2D eigenvalue weighted by molar-refractivity contribution is 5.84. The molecule has 0 aromatic carbocycles. The minimum absolute atomic E-state index is 0.0880. The third kappa shape index (κ3) is 2.92. The molecule has 0 radical (unpaired) electrons. The molecule has 2 atom stereocenters. The predicted octanol–water partition coefficient (Wildman–Crippen LogP) is 1.22. The number of amides is 1. The Morgan fingerprint density at radius 1 is 1.41 bits per heavy atom.